The van der Waals surface area contributed by atoms with Crippen molar-refractivity contribution in [2.24, 2.45) is 5.92 Å². The second-order valence-electron chi connectivity index (χ2n) is 4.79. The second-order valence-corrected chi connectivity index (χ2v) is 6.08. The van der Waals surface area contributed by atoms with Gasteiger partial charge in [-0.2, -0.15) is 0 Å². The zero-order valence-electron chi connectivity index (χ0n) is 11.7. The second kappa shape index (κ2) is 6.47. The molecule has 0 saturated heterocycles. The van der Waals surface area contributed by atoms with Crippen molar-refractivity contribution in [2.75, 3.05) is 14.2 Å². The fourth-order valence-corrected chi connectivity index (χ4v) is 3.09. The number of nitrogens with zero attached hydrogens (tertiary/aromatic N) is 1. The number of hydrogen-bond acceptors (Lipinski definition) is 4. The molecule has 98 valence electrons. The van der Waals surface area contributed by atoms with Crippen LogP contribution in [0.4, 0.5) is 0 Å². The number of likely N-dealkylation sites (N-methyl/N-ethyl adjacent to an activating group) is 1. The number of rotatable bonds is 6. The highest BCUT2D eigenvalue weighted by Crippen LogP contribution is 2.20. The van der Waals surface area contributed by atoms with Gasteiger partial charge in [0, 0.05) is 24.4 Å². The largest absolute Gasteiger partial charge is 0.380 e. The molecule has 0 amide bonds. The number of methoxy groups -OCH3 is 1. The van der Waals surface area contributed by atoms with Gasteiger partial charge in [-0.05, 0) is 26.8 Å². The Morgan fingerprint density at radius 2 is 2.00 bits per heavy atom. The fraction of sp³-hybridized carbons (Fsp3) is 0.769. The number of ether oxygens (including phenoxy) is 1. The van der Waals surface area contributed by atoms with Crippen molar-refractivity contribution in [3.05, 3.63) is 15.6 Å². The molecule has 1 N–H and O–H groups in total. The lowest BCUT2D eigenvalue weighted by molar-refractivity contribution is 0.0354. The van der Waals surface area contributed by atoms with Crippen LogP contribution in [0.25, 0.3) is 0 Å². The van der Waals surface area contributed by atoms with E-state index in [1.165, 1.54) is 9.88 Å². The van der Waals surface area contributed by atoms with Crippen LogP contribution >= 0.6 is 11.3 Å². The SMILES string of the molecule is CNC(Cc1nc(C)c(C)s1)C(OC)C(C)C. The minimum Gasteiger partial charge on any atom is -0.380 e. The fourth-order valence-electron chi connectivity index (χ4n) is 2.10. The maximum Gasteiger partial charge on any atom is 0.0947 e. The average Bonchev–Trinajstić information content (AvgIpc) is 2.57. The van der Waals surface area contributed by atoms with Gasteiger partial charge in [-0.25, -0.2) is 4.98 Å². The highest BCUT2D eigenvalue weighted by Gasteiger charge is 2.24. The lowest BCUT2D eigenvalue weighted by atomic mass is 9.97. The van der Waals surface area contributed by atoms with Crippen LogP contribution in [0.2, 0.25) is 0 Å². The molecule has 0 radical (unpaired) electrons. The van der Waals surface area contributed by atoms with Gasteiger partial charge in [0.2, 0.25) is 0 Å². The van der Waals surface area contributed by atoms with E-state index in [1.807, 2.05) is 7.05 Å². The summed E-state index contributed by atoms with van der Waals surface area (Å²) >= 11 is 1.79. The number of thiazole rings is 1. The van der Waals surface area contributed by atoms with Gasteiger partial charge in [0.15, 0.2) is 0 Å². The highest BCUT2D eigenvalue weighted by molar-refractivity contribution is 7.11. The van der Waals surface area contributed by atoms with E-state index in [-0.39, 0.29) is 6.10 Å². The molecule has 0 aliphatic heterocycles. The zero-order chi connectivity index (χ0) is 13.0. The summed E-state index contributed by atoms with van der Waals surface area (Å²) in [6.45, 7) is 8.58. The van der Waals surface area contributed by atoms with Crippen LogP contribution in [-0.4, -0.2) is 31.3 Å². The Bertz CT molecular complexity index is 330. The molecule has 1 aromatic heterocycles. The van der Waals surface area contributed by atoms with E-state index in [4.69, 9.17) is 4.74 Å². The molecular formula is C13H24N2OS. The van der Waals surface area contributed by atoms with Crippen molar-refractivity contribution in [1.29, 1.82) is 0 Å². The predicted molar refractivity (Wildman–Crippen MR) is 73.8 cm³/mol. The third-order valence-electron chi connectivity index (χ3n) is 3.16. The quantitative estimate of drug-likeness (QED) is 0.849. The summed E-state index contributed by atoms with van der Waals surface area (Å²) in [5, 5.41) is 4.55. The Morgan fingerprint density at radius 1 is 1.35 bits per heavy atom. The van der Waals surface area contributed by atoms with Gasteiger partial charge in [0.1, 0.15) is 0 Å². The molecule has 0 fully saturated rings. The van der Waals surface area contributed by atoms with E-state index < -0.39 is 0 Å². The molecule has 2 unspecified atom stereocenters. The van der Waals surface area contributed by atoms with E-state index in [9.17, 15) is 0 Å². The monoisotopic (exact) mass is 256 g/mol. The van der Waals surface area contributed by atoms with Crippen LogP contribution in [0.3, 0.4) is 0 Å². The zero-order valence-corrected chi connectivity index (χ0v) is 12.5. The molecule has 0 saturated carbocycles. The minimum absolute atomic E-state index is 0.226. The van der Waals surface area contributed by atoms with E-state index in [1.54, 1.807) is 18.4 Å². The lowest BCUT2D eigenvalue weighted by Crippen LogP contribution is -2.43. The Morgan fingerprint density at radius 3 is 2.35 bits per heavy atom. The van der Waals surface area contributed by atoms with E-state index in [0.29, 0.717) is 12.0 Å². The smallest absolute Gasteiger partial charge is 0.0947 e. The third kappa shape index (κ3) is 3.76. The summed E-state index contributed by atoms with van der Waals surface area (Å²) in [6.07, 6.45) is 1.16. The first-order valence-electron chi connectivity index (χ1n) is 6.12. The summed E-state index contributed by atoms with van der Waals surface area (Å²) in [6, 6.07) is 0.324. The number of hydrogen-bond donors (Lipinski definition) is 1. The molecular weight excluding hydrogens is 232 g/mol. The molecule has 0 bridgehead atoms. The van der Waals surface area contributed by atoms with Crippen molar-refractivity contribution in [1.82, 2.24) is 10.3 Å². The molecule has 1 rings (SSSR count). The third-order valence-corrected chi connectivity index (χ3v) is 4.26. The average molecular weight is 256 g/mol. The van der Waals surface area contributed by atoms with E-state index in [0.717, 1.165) is 12.1 Å². The standard InChI is InChI=1S/C13H24N2OS/c1-8(2)13(16-6)11(14-5)7-12-15-9(3)10(4)17-12/h8,11,13-14H,7H2,1-6H3. The van der Waals surface area contributed by atoms with Crippen molar-refractivity contribution >= 4 is 11.3 Å². The van der Waals surface area contributed by atoms with Gasteiger partial charge in [-0.1, -0.05) is 13.8 Å². The van der Waals surface area contributed by atoms with E-state index >= 15 is 0 Å². The summed E-state index contributed by atoms with van der Waals surface area (Å²) in [5.41, 5.74) is 1.15. The van der Waals surface area contributed by atoms with Gasteiger partial charge < -0.3 is 10.1 Å². The van der Waals surface area contributed by atoms with Crippen LogP contribution in [0, 0.1) is 19.8 Å². The molecule has 0 aliphatic rings. The van der Waals surface area contributed by atoms with Gasteiger partial charge in [-0.3, -0.25) is 0 Å². The molecule has 4 heteroatoms. The van der Waals surface area contributed by atoms with Crippen molar-refractivity contribution < 1.29 is 4.74 Å². The minimum atomic E-state index is 0.226. The van der Waals surface area contributed by atoms with Crippen LogP contribution in [0.15, 0.2) is 0 Å². The Hall–Kier alpha value is -0.450. The molecule has 0 spiro atoms. The number of aryl methyl sites for hydroxylation is 2. The number of nitrogens with one attached hydrogen (secondary N) is 1. The van der Waals surface area contributed by atoms with Crippen LogP contribution < -0.4 is 5.32 Å². The number of aromatic nitrogens is 1. The first-order chi connectivity index (χ1) is 7.99. The normalized spacial score (nSPS) is 15.2. The molecule has 2 atom stereocenters. The Labute approximate surface area is 109 Å². The van der Waals surface area contributed by atoms with Crippen LogP contribution in [0.1, 0.15) is 29.4 Å². The first-order valence-corrected chi connectivity index (χ1v) is 6.94. The highest BCUT2D eigenvalue weighted by atomic mass is 32.1. The summed E-state index contributed by atoms with van der Waals surface area (Å²) in [7, 11) is 3.78. The van der Waals surface area contributed by atoms with Crippen molar-refractivity contribution in [3.8, 4) is 0 Å². The maximum absolute atomic E-state index is 5.59. The van der Waals surface area contributed by atoms with E-state index in [2.05, 4.69) is 38.0 Å². The lowest BCUT2D eigenvalue weighted by Gasteiger charge is -2.28. The van der Waals surface area contributed by atoms with Crippen LogP contribution in [0.5, 0.6) is 0 Å². The van der Waals surface area contributed by atoms with Gasteiger partial charge in [-0.15, -0.1) is 11.3 Å². The molecule has 0 aromatic carbocycles. The first kappa shape index (κ1) is 14.6. The maximum atomic E-state index is 5.59. The summed E-state index contributed by atoms with van der Waals surface area (Å²) < 4.78 is 5.59. The van der Waals surface area contributed by atoms with Crippen molar-refractivity contribution in [3.63, 3.8) is 0 Å². The topological polar surface area (TPSA) is 34.2 Å². The van der Waals surface area contributed by atoms with Gasteiger partial charge in [0.05, 0.1) is 16.8 Å². The predicted octanol–water partition coefficient (Wildman–Crippen LogP) is 2.56. The van der Waals surface area contributed by atoms with Gasteiger partial charge >= 0.3 is 0 Å². The van der Waals surface area contributed by atoms with Gasteiger partial charge in [0.25, 0.3) is 0 Å². The Balaban J connectivity index is 2.75. The van der Waals surface area contributed by atoms with Crippen molar-refractivity contribution in [2.45, 2.75) is 46.3 Å². The molecule has 17 heavy (non-hydrogen) atoms. The summed E-state index contributed by atoms with van der Waals surface area (Å²) in [5.74, 6) is 0.500. The molecule has 1 aromatic rings. The summed E-state index contributed by atoms with van der Waals surface area (Å²) in [4.78, 5) is 5.91. The molecule has 3 nitrogen and oxygen atoms in total. The Kier molecular flexibility index (Phi) is 5.56. The molecule has 1 heterocycles. The van der Waals surface area contributed by atoms with Crippen LogP contribution in [-0.2, 0) is 11.2 Å². The molecule has 0 aliphatic carbocycles.